The number of rotatable bonds is 2. The fraction of sp³-hybridized carbons (Fsp3) is 0.750. The maximum absolute atomic E-state index is 11.6. The molecule has 3 aliphatic carbocycles. The summed E-state index contributed by atoms with van der Waals surface area (Å²) in [6.45, 7) is 6.82. The van der Waals surface area contributed by atoms with Crippen LogP contribution in [0.1, 0.15) is 46.5 Å². The molecule has 0 aromatic carbocycles. The Hall–Kier alpha value is -1.12. The molecule has 0 aromatic heterocycles. The highest BCUT2D eigenvalue weighted by Gasteiger charge is 2.66. The van der Waals surface area contributed by atoms with Crippen LogP contribution in [0.4, 0.5) is 0 Å². The Balaban J connectivity index is 2.24. The van der Waals surface area contributed by atoms with Gasteiger partial charge in [-0.05, 0) is 42.9 Å². The number of hydrogen-bond acceptors (Lipinski definition) is 2. The lowest BCUT2D eigenvalue weighted by Gasteiger charge is -2.51. The molecule has 19 heavy (non-hydrogen) atoms. The lowest BCUT2D eigenvalue weighted by atomic mass is 9.52. The molecular formula is C16H22O3. The van der Waals surface area contributed by atoms with E-state index in [1.54, 1.807) is 0 Å². The topological polar surface area (TPSA) is 54.4 Å². The van der Waals surface area contributed by atoms with E-state index in [1.165, 1.54) is 6.42 Å². The third-order valence-corrected chi connectivity index (χ3v) is 6.58. The zero-order valence-corrected chi connectivity index (χ0v) is 11.9. The Morgan fingerprint density at radius 1 is 1.37 bits per heavy atom. The smallest absolute Gasteiger partial charge is 0.332 e. The molecule has 0 amide bonds. The van der Waals surface area contributed by atoms with E-state index in [9.17, 15) is 14.7 Å². The number of carboxylic acid groups (broad SMARTS) is 1. The van der Waals surface area contributed by atoms with Crippen LogP contribution in [0.2, 0.25) is 0 Å². The van der Waals surface area contributed by atoms with E-state index in [4.69, 9.17) is 0 Å². The van der Waals surface area contributed by atoms with Gasteiger partial charge in [0.05, 0.1) is 0 Å². The van der Waals surface area contributed by atoms with E-state index >= 15 is 0 Å². The standard InChI is InChI=1S/C16H22O3/c1-9-4-5-11-6-12-13(14(18)19)10(8-17)7-16(9,12)15(11,2)3/h8-11H,4-7H2,1-3H3,(H,18,19)/t9-,10-,11-,16+/m1/s1. The number of carbonyl (C=O) groups excluding carboxylic acids is 1. The molecule has 0 saturated heterocycles. The average Bonchev–Trinajstić information content (AvgIpc) is 2.71. The van der Waals surface area contributed by atoms with Crippen molar-refractivity contribution in [1.82, 2.24) is 0 Å². The quantitative estimate of drug-likeness (QED) is 0.778. The molecule has 0 aliphatic heterocycles. The van der Waals surface area contributed by atoms with Crippen molar-refractivity contribution in [2.45, 2.75) is 46.5 Å². The van der Waals surface area contributed by atoms with Crippen molar-refractivity contribution < 1.29 is 14.7 Å². The minimum absolute atomic E-state index is 0.0464. The third-order valence-electron chi connectivity index (χ3n) is 6.58. The number of carbonyl (C=O) groups is 2. The van der Waals surface area contributed by atoms with Gasteiger partial charge in [0.1, 0.15) is 6.29 Å². The highest BCUT2D eigenvalue weighted by atomic mass is 16.4. The Bertz CT molecular complexity index is 488. The number of hydrogen-bond donors (Lipinski definition) is 1. The highest BCUT2D eigenvalue weighted by molar-refractivity contribution is 5.94. The summed E-state index contributed by atoms with van der Waals surface area (Å²) < 4.78 is 0. The van der Waals surface area contributed by atoms with Gasteiger partial charge in [0.25, 0.3) is 0 Å². The van der Waals surface area contributed by atoms with E-state index in [-0.39, 0.29) is 10.8 Å². The van der Waals surface area contributed by atoms with Crippen LogP contribution in [-0.4, -0.2) is 17.4 Å². The summed E-state index contributed by atoms with van der Waals surface area (Å²) in [7, 11) is 0. The summed E-state index contributed by atoms with van der Waals surface area (Å²) in [6.07, 6.45) is 4.82. The molecule has 3 rings (SSSR count). The second-order valence-electron chi connectivity index (χ2n) is 7.22. The number of aliphatic carboxylic acids is 1. The van der Waals surface area contributed by atoms with Gasteiger partial charge in [-0.25, -0.2) is 4.79 Å². The second kappa shape index (κ2) is 3.71. The van der Waals surface area contributed by atoms with Crippen LogP contribution >= 0.6 is 0 Å². The van der Waals surface area contributed by atoms with Crippen molar-refractivity contribution in [1.29, 1.82) is 0 Å². The average molecular weight is 262 g/mol. The minimum atomic E-state index is -0.875. The van der Waals surface area contributed by atoms with Crippen LogP contribution in [0, 0.1) is 28.6 Å². The Morgan fingerprint density at radius 3 is 2.63 bits per heavy atom. The Kier molecular flexibility index (Phi) is 2.52. The first-order valence-corrected chi connectivity index (χ1v) is 7.28. The molecule has 0 heterocycles. The normalized spacial score (nSPS) is 43.2. The van der Waals surface area contributed by atoms with Crippen LogP contribution in [0.25, 0.3) is 0 Å². The molecule has 1 N–H and O–H groups in total. The largest absolute Gasteiger partial charge is 0.478 e. The molecule has 3 nitrogen and oxygen atoms in total. The van der Waals surface area contributed by atoms with Crippen molar-refractivity contribution in [2.24, 2.45) is 28.6 Å². The molecule has 2 bridgehead atoms. The van der Waals surface area contributed by atoms with Gasteiger partial charge in [0, 0.05) is 16.9 Å². The number of fused-ring (bicyclic) bond motifs is 1. The maximum Gasteiger partial charge on any atom is 0.332 e. The first-order chi connectivity index (χ1) is 8.86. The van der Waals surface area contributed by atoms with Gasteiger partial charge < -0.3 is 9.90 Å². The van der Waals surface area contributed by atoms with Crippen LogP contribution in [0.3, 0.4) is 0 Å². The maximum atomic E-state index is 11.6. The molecule has 2 fully saturated rings. The lowest BCUT2D eigenvalue weighted by Crippen LogP contribution is -2.45. The predicted molar refractivity (Wildman–Crippen MR) is 71.6 cm³/mol. The van der Waals surface area contributed by atoms with Crippen LogP contribution < -0.4 is 0 Å². The molecule has 0 aromatic rings. The van der Waals surface area contributed by atoms with Crippen molar-refractivity contribution in [3.63, 3.8) is 0 Å². The van der Waals surface area contributed by atoms with Crippen molar-refractivity contribution in [2.75, 3.05) is 0 Å². The molecule has 0 radical (unpaired) electrons. The van der Waals surface area contributed by atoms with Gasteiger partial charge in [0.2, 0.25) is 0 Å². The monoisotopic (exact) mass is 262 g/mol. The van der Waals surface area contributed by atoms with Crippen molar-refractivity contribution in [3.8, 4) is 0 Å². The third kappa shape index (κ3) is 1.29. The molecule has 104 valence electrons. The van der Waals surface area contributed by atoms with Crippen LogP contribution in [-0.2, 0) is 9.59 Å². The Morgan fingerprint density at radius 2 is 2.05 bits per heavy atom. The van der Waals surface area contributed by atoms with Gasteiger partial charge in [-0.15, -0.1) is 0 Å². The van der Waals surface area contributed by atoms with E-state index in [2.05, 4.69) is 20.8 Å². The van der Waals surface area contributed by atoms with E-state index < -0.39 is 11.9 Å². The van der Waals surface area contributed by atoms with Crippen LogP contribution in [0.15, 0.2) is 11.1 Å². The molecule has 0 unspecified atom stereocenters. The fourth-order valence-electron chi connectivity index (χ4n) is 5.54. The zero-order chi connectivity index (χ0) is 14.0. The second-order valence-corrected chi connectivity index (χ2v) is 7.22. The van der Waals surface area contributed by atoms with Crippen molar-refractivity contribution >= 4 is 12.3 Å². The summed E-state index contributed by atoms with van der Waals surface area (Å²) in [6, 6.07) is 0. The van der Waals surface area contributed by atoms with Gasteiger partial charge >= 0.3 is 5.97 Å². The van der Waals surface area contributed by atoms with Gasteiger partial charge in [0.15, 0.2) is 0 Å². The summed E-state index contributed by atoms with van der Waals surface area (Å²) in [4.78, 5) is 22.9. The van der Waals surface area contributed by atoms with Gasteiger partial charge in [-0.2, -0.15) is 0 Å². The van der Waals surface area contributed by atoms with Gasteiger partial charge in [-0.1, -0.05) is 26.3 Å². The summed E-state index contributed by atoms with van der Waals surface area (Å²) in [5, 5.41) is 9.52. The first-order valence-electron chi connectivity index (χ1n) is 7.28. The van der Waals surface area contributed by atoms with E-state index in [1.807, 2.05) is 0 Å². The zero-order valence-electron chi connectivity index (χ0n) is 11.9. The molecule has 1 spiro atoms. The fourth-order valence-corrected chi connectivity index (χ4v) is 5.54. The minimum Gasteiger partial charge on any atom is -0.478 e. The highest BCUT2D eigenvalue weighted by Crippen LogP contribution is 2.73. The first kappa shape index (κ1) is 12.9. The molecule has 2 saturated carbocycles. The van der Waals surface area contributed by atoms with Crippen LogP contribution in [0.5, 0.6) is 0 Å². The predicted octanol–water partition coefficient (Wildman–Crippen LogP) is 3.05. The molecular weight excluding hydrogens is 240 g/mol. The van der Waals surface area contributed by atoms with Crippen molar-refractivity contribution in [3.05, 3.63) is 11.1 Å². The summed E-state index contributed by atoms with van der Waals surface area (Å²) >= 11 is 0. The number of aldehydes is 1. The van der Waals surface area contributed by atoms with E-state index in [0.29, 0.717) is 17.4 Å². The molecule has 3 aliphatic rings. The molecule has 3 heteroatoms. The Labute approximate surface area is 114 Å². The molecule has 4 atom stereocenters. The summed E-state index contributed by atoms with van der Waals surface area (Å²) in [5.41, 5.74) is 1.62. The van der Waals surface area contributed by atoms with Gasteiger partial charge in [-0.3, -0.25) is 0 Å². The SMILES string of the molecule is C[C@@H]1CC[C@@H]2CC3=C(C(=O)O)[C@@H](C=O)C[C@@]31C2(C)C. The van der Waals surface area contributed by atoms with E-state index in [0.717, 1.165) is 31.1 Å². The number of allylic oxidation sites excluding steroid dienone is 1. The lowest BCUT2D eigenvalue weighted by molar-refractivity contribution is -0.134. The summed E-state index contributed by atoms with van der Waals surface area (Å²) in [5.74, 6) is -0.205. The number of carboxylic acids is 1.